The van der Waals surface area contributed by atoms with Gasteiger partial charge in [-0.2, -0.15) is 5.10 Å². The van der Waals surface area contributed by atoms with Gasteiger partial charge in [0.25, 0.3) is 11.8 Å². The molecule has 0 aliphatic rings. The number of carbonyl (C=O) groups is 2. The predicted molar refractivity (Wildman–Crippen MR) is 112 cm³/mol. The molecule has 1 unspecified atom stereocenters. The van der Waals surface area contributed by atoms with E-state index in [9.17, 15) is 19.1 Å². The maximum Gasteiger partial charge on any atom is 0.262 e. The molecule has 2 rings (SSSR count). The molecule has 0 aliphatic heterocycles. The topological polar surface area (TPSA) is 90.8 Å². The molecular weight excluding hydrogens is 497 g/mol. The van der Waals surface area contributed by atoms with Crippen molar-refractivity contribution in [1.82, 2.24) is 10.7 Å². The number of hydrogen-bond donors (Lipinski definition) is 3. The van der Waals surface area contributed by atoms with Crippen LogP contribution in [0.3, 0.4) is 0 Å². The van der Waals surface area contributed by atoms with Crippen molar-refractivity contribution in [2.24, 2.45) is 11.0 Å². The van der Waals surface area contributed by atoms with Gasteiger partial charge < -0.3 is 10.4 Å². The fraction of sp³-hybridized carbons (Fsp3) is 0.211. The zero-order valence-corrected chi connectivity index (χ0v) is 18.2. The van der Waals surface area contributed by atoms with E-state index in [2.05, 4.69) is 47.7 Å². The van der Waals surface area contributed by atoms with E-state index in [4.69, 9.17) is 0 Å². The smallest absolute Gasteiger partial charge is 0.262 e. The third-order valence-electron chi connectivity index (χ3n) is 3.77. The number of halogens is 3. The van der Waals surface area contributed by atoms with E-state index in [0.717, 1.165) is 0 Å². The molecular formula is C19H18Br2FN3O3. The summed E-state index contributed by atoms with van der Waals surface area (Å²) in [7, 11) is 0. The number of aromatic hydroxyl groups is 1. The van der Waals surface area contributed by atoms with Crippen LogP contribution in [0.15, 0.2) is 50.4 Å². The molecule has 0 aromatic heterocycles. The van der Waals surface area contributed by atoms with E-state index in [0.29, 0.717) is 14.5 Å². The van der Waals surface area contributed by atoms with Gasteiger partial charge in [0.05, 0.1) is 15.2 Å². The molecule has 2 aromatic carbocycles. The number of benzene rings is 2. The minimum Gasteiger partial charge on any atom is -0.506 e. The highest BCUT2D eigenvalue weighted by molar-refractivity contribution is 9.11. The van der Waals surface area contributed by atoms with Gasteiger partial charge in [0, 0.05) is 5.56 Å². The van der Waals surface area contributed by atoms with Crippen molar-refractivity contribution in [3.8, 4) is 5.75 Å². The maximum absolute atomic E-state index is 13.0. The van der Waals surface area contributed by atoms with Crippen LogP contribution in [-0.4, -0.2) is 29.2 Å². The summed E-state index contributed by atoms with van der Waals surface area (Å²) in [6.07, 6.45) is 1.41. The number of nitrogens with zero attached hydrogens (tertiary/aromatic N) is 1. The first-order valence-corrected chi connectivity index (χ1v) is 9.85. The number of carbonyl (C=O) groups excluding carboxylic acids is 2. The molecule has 3 N–H and O–H groups in total. The average Bonchev–Trinajstić information content (AvgIpc) is 2.64. The van der Waals surface area contributed by atoms with Gasteiger partial charge in [-0.1, -0.05) is 13.8 Å². The summed E-state index contributed by atoms with van der Waals surface area (Å²) in [6.45, 7) is 3.57. The van der Waals surface area contributed by atoms with Crippen molar-refractivity contribution >= 4 is 49.9 Å². The molecule has 6 nitrogen and oxygen atoms in total. The summed E-state index contributed by atoms with van der Waals surface area (Å²) in [5.74, 6) is -1.56. The second kappa shape index (κ2) is 9.79. The average molecular weight is 515 g/mol. The SMILES string of the molecule is CC(C)C(NC(=O)c1ccc(F)cc1)C(=O)NN=Cc1cc(Br)c(O)c(Br)c1. The summed E-state index contributed by atoms with van der Waals surface area (Å²) in [4.78, 5) is 24.7. The second-order valence-electron chi connectivity index (χ2n) is 6.27. The largest absolute Gasteiger partial charge is 0.506 e. The van der Waals surface area contributed by atoms with Gasteiger partial charge in [-0.3, -0.25) is 9.59 Å². The molecule has 1 atom stereocenters. The minimum atomic E-state index is -0.826. The lowest BCUT2D eigenvalue weighted by Gasteiger charge is -2.20. The van der Waals surface area contributed by atoms with E-state index in [1.165, 1.54) is 30.5 Å². The Labute approximate surface area is 178 Å². The third-order valence-corrected chi connectivity index (χ3v) is 4.98. The Morgan fingerprint density at radius 1 is 1.14 bits per heavy atom. The Kier molecular flexibility index (Phi) is 7.70. The molecule has 28 heavy (non-hydrogen) atoms. The molecule has 0 spiro atoms. The molecule has 0 bridgehead atoms. The first kappa shape index (κ1) is 22.0. The van der Waals surface area contributed by atoms with E-state index in [1.54, 1.807) is 26.0 Å². The summed E-state index contributed by atoms with van der Waals surface area (Å²) in [5, 5.41) is 16.2. The number of amides is 2. The number of hydrazone groups is 1. The predicted octanol–water partition coefficient (Wildman–Crippen LogP) is 3.96. The Bertz CT molecular complexity index is 879. The second-order valence-corrected chi connectivity index (χ2v) is 7.98. The molecule has 0 heterocycles. The highest BCUT2D eigenvalue weighted by Gasteiger charge is 2.24. The van der Waals surface area contributed by atoms with Crippen LogP contribution in [0.2, 0.25) is 0 Å². The van der Waals surface area contributed by atoms with E-state index >= 15 is 0 Å². The molecule has 0 fully saturated rings. The van der Waals surface area contributed by atoms with Crippen LogP contribution in [0.5, 0.6) is 5.75 Å². The summed E-state index contributed by atoms with van der Waals surface area (Å²) >= 11 is 6.43. The summed E-state index contributed by atoms with van der Waals surface area (Å²) in [5.41, 5.74) is 3.28. The monoisotopic (exact) mass is 513 g/mol. The molecule has 9 heteroatoms. The molecule has 0 saturated heterocycles. The quantitative estimate of drug-likeness (QED) is 0.402. The maximum atomic E-state index is 13.0. The normalized spacial score (nSPS) is 12.2. The lowest BCUT2D eigenvalue weighted by Crippen LogP contribution is -2.48. The van der Waals surface area contributed by atoms with Gasteiger partial charge in [0.15, 0.2) is 0 Å². The zero-order chi connectivity index (χ0) is 20.8. The van der Waals surface area contributed by atoms with E-state index in [1.807, 2.05) is 0 Å². The minimum absolute atomic E-state index is 0.0598. The van der Waals surface area contributed by atoms with Crippen LogP contribution >= 0.6 is 31.9 Å². The lowest BCUT2D eigenvalue weighted by atomic mass is 10.0. The van der Waals surface area contributed by atoms with Crippen LogP contribution in [0.25, 0.3) is 0 Å². The standard InChI is InChI=1S/C19H18Br2FN3O3/c1-10(2)16(24-18(27)12-3-5-13(22)6-4-12)19(28)25-23-9-11-7-14(20)17(26)15(21)8-11/h3-10,16,26H,1-2H3,(H,24,27)(H,25,28). The Hall–Kier alpha value is -2.26. The van der Waals surface area contributed by atoms with Gasteiger partial charge in [-0.05, 0) is 79.7 Å². The van der Waals surface area contributed by atoms with Crippen molar-refractivity contribution in [2.45, 2.75) is 19.9 Å². The Balaban J connectivity index is 2.04. The lowest BCUT2D eigenvalue weighted by molar-refractivity contribution is -0.123. The van der Waals surface area contributed by atoms with Crippen LogP contribution in [0.4, 0.5) is 4.39 Å². The fourth-order valence-electron chi connectivity index (χ4n) is 2.26. The van der Waals surface area contributed by atoms with Crippen LogP contribution in [-0.2, 0) is 4.79 Å². The number of rotatable bonds is 6. The van der Waals surface area contributed by atoms with Crippen LogP contribution < -0.4 is 10.7 Å². The first-order valence-electron chi connectivity index (χ1n) is 8.26. The molecule has 2 aromatic rings. The van der Waals surface area contributed by atoms with E-state index in [-0.39, 0.29) is 17.2 Å². The molecule has 0 aliphatic carbocycles. The fourth-order valence-corrected chi connectivity index (χ4v) is 3.48. The molecule has 2 amide bonds. The number of hydrogen-bond acceptors (Lipinski definition) is 4. The van der Waals surface area contributed by atoms with Gasteiger partial charge in [0.2, 0.25) is 0 Å². The van der Waals surface area contributed by atoms with Crippen LogP contribution in [0.1, 0.15) is 29.8 Å². The van der Waals surface area contributed by atoms with Crippen molar-refractivity contribution < 1.29 is 19.1 Å². The summed E-state index contributed by atoms with van der Waals surface area (Å²) < 4.78 is 13.9. The molecule has 148 valence electrons. The van der Waals surface area contributed by atoms with Gasteiger partial charge in [-0.25, -0.2) is 9.82 Å². The Morgan fingerprint density at radius 3 is 2.25 bits per heavy atom. The third kappa shape index (κ3) is 5.87. The van der Waals surface area contributed by atoms with Crippen LogP contribution in [0, 0.1) is 11.7 Å². The van der Waals surface area contributed by atoms with Gasteiger partial charge in [-0.15, -0.1) is 0 Å². The van der Waals surface area contributed by atoms with Gasteiger partial charge in [0.1, 0.15) is 17.6 Å². The van der Waals surface area contributed by atoms with Crippen molar-refractivity contribution in [1.29, 1.82) is 0 Å². The zero-order valence-electron chi connectivity index (χ0n) is 15.0. The first-order chi connectivity index (χ1) is 13.2. The number of nitrogens with one attached hydrogen (secondary N) is 2. The number of phenols is 1. The highest BCUT2D eigenvalue weighted by Crippen LogP contribution is 2.32. The highest BCUT2D eigenvalue weighted by atomic mass is 79.9. The van der Waals surface area contributed by atoms with Gasteiger partial charge >= 0.3 is 0 Å². The molecule has 0 saturated carbocycles. The van der Waals surface area contributed by atoms with Crippen molar-refractivity contribution in [3.05, 3.63) is 62.3 Å². The van der Waals surface area contributed by atoms with Crippen molar-refractivity contribution in [2.75, 3.05) is 0 Å². The van der Waals surface area contributed by atoms with Crippen molar-refractivity contribution in [3.63, 3.8) is 0 Å². The Morgan fingerprint density at radius 2 is 1.71 bits per heavy atom. The number of phenolic OH excluding ortho intramolecular Hbond substituents is 1. The molecule has 0 radical (unpaired) electrons. The summed E-state index contributed by atoms with van der Waals surface area (Å²) in [6, 6.07) is 7.48. The van der Waals surface area contributed by atoms with E-state index < -0.39 is 23.7 Å².